The summed E-state index contributed by atoms with van der Waals surface area (Å²) in [5.41, 5.74) is 1.42. The maximum atomic E-state index is 12.8. The Morgan fingerprint density at radius 2 is 1.66 bits per heavy atom. The molecule has 2 aliphatic heterocycles. The number of carbonyl (C=O) groups is 3. The van der Waals surface area contributed by atoms with Crippen LogP contribution in [-0.4, -0.2) is 82.5 Å². The third-order valence-electron chi connectivity index (χ3n) is 4.45. The van der Waals surface area contributed by atoms with Crippen LogP contribution in [0.25, 0.3) is 0 Å². The van der Waals surface area contributed by atoms with Crippen LogP contribution in [0.15, 0.2) is 34.5 Å². The number of methoxy groups -OCH3 is 1. The molecular weight excluding hydrogens is 516 g/mol. The molecule has 12 heteroatoms. The molecule has 0 spiro atoms. The molecule has 0 saturated carbocycles. The molecule has 1 unspecified atom stereocenters. The second kappa shape index (κ2) is 19.2. The van der Waals surface area contributed by atoms with Crippen molar-refractivity contribution >= 4 is 34.8 Å². The number of nitrogens with zero attached hydrogens (tertiary/aromatic N) is 2. The number of rotatable bonds is 5. The molecule has 11 nitrogen and oxygen atoms in total. The average Bonchev–Trinajstić information content (AvgIpc) is 2.85. The molecule has 3 rings (SSSR count). The van der Waals surface area contributed by atoms with Gasteiger partial charge < -0.3 is 29.5 Å². The number of fused-ring (bicyclic) bond motifs is 1. The molecule has 1 saturated heterocycles. The molecule has 1 atom stereocenters. The van der Waals surface area contributed by atoms with Crippen molar-refractivity contribution in [3.05, 3.63) is 35.0 Å². The minimum Gasteiger partial charge on any atom is -0.490 e. The average molecular weight is 557 g/mol. The van der Waals surface area contributed by atoms with Gasteiger partial charge >= 0.3 is 11.9 Å². The fourth-order valence-electron chi connectivity index (χ4n) is 3.28. The van der Waals surface area contributed by atoms with E-state index in [1.807, 2.05) is 6.92 Å². The largest absolute Gasteiger partial charge is 0.490 e. The normalized spacial score (nSPS) is 15.7. The molecule has 0 aromatic heterocycles. The Kier molecular flexibility index (Phi) is 17.7. The maximum Gasteiger partial charge on any atom is 0.338 e. The molecule has 0 aliphatic carbocycles. The van der Waals surface area contributed by atoms with Gasteiger partial charge in [0.1, 0.15) is 0 Å². The summed E-state index contributed by atoms with van der Waals surface area (Å²) in [5, 5.41) is 23.3. The summed E-state index contributed by atoms with van der Waals surface area (Å²) >= 11 is 1.47. The SMILES string of the molecule is CCO.CCO.CCO.CCOc1cc(C2C(C(=O)OC)=C(C)N=C3SCCC(=O)N32)ccc1OC(C)=O. The number of aliphatic hydroxyl groups is 3. The zero-order chi connectivity index (χ0) is 29.3. The van der Waals surface area contributed by atoms with Crippen molar-refractivity contribution in [1.29, 1.82) is 0 Å². The van der Waals surface area contributed by atoms with Crippen LogP contribution in [0.3, 0.4) is 0 Å². The molecule has 2 heterocycles. The number of amidine groups is 1. The van der Waals surface area contributed by atoms with E-state index in [0.717, 1.165) is 0 Å². The Morgan fingerprint density at radius 1 is 1.08 bits per heavy atom. The first kappa shape index (κ1) is 35.1. The minimum absolute atomic E-state index is 0.122. The molecular formula is C26H40N2O9S. The van der Waals surface area contributed by atoms with Crippen LogP contribution >= 0.6 is 11.8 Å². The van der Waals surface area contributed by atoms with Crippen LogP contribution < -0.4 is 9.47 Å². The van der Waals surface area contributed by atoms with Crippen LogP contribution in [0, 0.1) is 0 Å². The molecule has 0 radical (unpaired) electrons. The second-order valence-electron chi connectivity index (χ2n) is 7.33. The third-order valence-corrected chi connectivity index (χ3v) is 5.40. The number of allylic oxidation sites excluding steroid dienone is 1. The monoisotopic (exact) mass is 556 g/mol. The van der Waals surface area contributed by atoms with Crippen LogP contribution in [0.5, 0.6) is 11.5 Å². The first-order valence-corrected chi connectivity index (χ1v) is 13.2. The Hall–Kier alpha value is -2.93. The van der Waals surface area contributed by atoms with E-state index in [1.54, 1.807) is 45.9 Å². The van der Waals surface area contributed by atoms with Gasteiger partial charge in [0, 0.05) is 38.9 Å². The van der Waals surface area contributed by atoms with Gasteiger partial charge in [-0.3, -0.25) is 14.5 Å². The van der Waals surface area contributed by atoms with Crippen LogP contribution in [-0.2, 0) is 19.1 Å². The number of esters is 2. The summed E-state index contributed by atoms with van der Waals surface area (Å²) < 4.78 is 15.8. The minimum atomic E-state index is -0.708. The van der Waals surface area contributed by atoms with Gasteiger partial charge in [0.05, 0.1) is 31.0 Å². The summed E-state index contributed by atoms with van der Waals surface area (Å²) in [6, 6.07) is 4.27. The molecule has 1 aromatic carbocycles. The number of benzene rings is 1. The number of ether oxygens (including phenoxy) is 3. The molecule has 1 amide bonds. The zero-order valence-corrected chi connectivity index (χ0v) is 24.0. The number of hydrogen-bond donors (Lipinski definition) is 3. The fraction of sp³-hybridized carbons (Fsp3) is 0.538. The van der Waals surface area contributed by atoms with E-state index >= 15 is 0 Å². The van der Waals surface area contributed by atoms with Crippen LogP contribution in [0.1, 0.15) is 59.6 Å². The van der Waals surface area contributed by atoms with Crippen LogP contribution in [0.2, 0.25) is 0 Å². The van der Waals surface area contributed by atoms with Gasteiger partial charge in [0.2, 0.25) is 5.91 Å². The number of aliphatic imine (C=N–C) groups is 1. The van der Waals surface area contributed by atoms with Crippen LogP contribution in [0.4, 0.5) is 0 Å². The van der Waals surface area contributed by atoms with Gasteiger partial charge in [-0.15, -0.1) is 0 Å². The topological polar surface area (TPSA) is 155 Å². The van der Waals surface area contributed by atoms with E-state index in [9.17, 15) is 14.4 Å². The second-order valence-corrected chi connectivity index (χ2v) is 8.39. The number of aliphatic hydroxyl groups excluding tert-OH is 3. The smallest absolute Gasteiger partial charge is 0.338 e. The Labute approximate surface area is 228 Å². The lowest BCUT2D eigenvalue weighted by molar-refractivity contribution is -0.137. The lowest BCUT2D eigenvalue weighted by Crippen LogP contribution is -2.45. The van der Waals surface area contributed by atoms with E-state index < -0.39 is 18.0 Å². The quantitative estimate of drug-likeness (QED) is 0.364. The van der Waals surface area contributed by atoms with E-state index in [0.29, 0.717) is 41.0 Å². The highest BCUT2D eigenvalue weighted by Crippen LogP contribution is 2.42. The Morgan fingerprint density at radius 3 is 2.16 bits per heavy atom. The third kappa shape index (κ3) is 10.4. The van der Waals surface area contributed by atoms with Gasteiger partial charge in [0.15, 0.2) is 16.7 Å². The van der Waals surface area contributed by atoms with Gasteiger partial charge in [-0.25, -0.2) is 9.79 Å². The lowest BCUT2D eigenvalue weighted by atomic mass is 9.94. The molecule has 214 valence electrons. The maximum absolute atomic E-state index is 12.8. The predicted molar refractivity (Wildman–Crippen MR) is 146 cm³/mol. The summed E-state index contributed by atoms with van der Waals surface area (Å²) in [7, 11) is 1.29. The first-order valence-electron chi connectivity index (χ1n) is 12.2. The summed E-state index contributed by atoms with van der Waals surface area (Å²) in [4.78, 5) is 42.7. The Balaban J connectivity index is 0.00000134. The highest BCUT2D eigenvalue weighted by Gasteiger charge is 2.41. The summed E-state index contributed by atoms with van der Waals surface area (Å²) in [6.07, 6.45) is 0.345. The van der Waals surface area contributed by atoms with Gasteiger partial charge in [-0.05, 0) is 52.3 Å². The number of thioether (sulfide) groups is 1. The highest BCUT2D eigenvalue weighted by atomic mass is 32.2. The van der Waals surface area contributed by atoms with Gasteiger partial charge in [-0.2, -0.15) is 0 Å². The summed E-state index contributed by atoms with van der Waals surface area (Å²) in [5.74, 6) is 0.108. The molecule has 1 fully saturated rings. The van der Waals surface area contributed by atoms with Crippen molar-refractivity contribution in [2.45, 2.75) is 54.0 Å². The van der Waals surface area contributed by atoms with E-state index in [4.69, 9.17) is 29.5 Å². The predicted octanol–water partition coefficient (Wildman–Crippen LogP) is 2.83. The standard InChI is InChI=1S/C20H22N2O6S.3C2H6O/c1-5-27-15-10-13(6-7-14(15)28-12(3)23)18-17(19(25)26-4)11(2)21-20-22(18)16(24)8-9-29-20;3*1-2-3/h6-7,10,18H,5,8-9H2,1-4H3;3*3H,2H2,1H3. The number of amides is 1. The van der Waals surface area contributed by atoms with E-state index in [2.05, 4.69) is 4.99 Å². The Bertz CT molecular complexity index is 975. The molecule has 1 aromatic rings. The van der Waals surface area contributed by atoms with Gasteiger partial charge in [-0.1, -0.05) is 17.8 Å². The summed E-state index contributed by atoms with van der Waals surface area (Å²) in [6.45, 7) is 11.0. The fourth-order valence-corrected chi connectivity index (χ4v) is 4.29. The van der Waals surface area contributed by atoms with Crippen molar-refractivity contribution in [3.63, 3.8) is 0 Å². The molecule has 0 bridgehead atoms. The molecule has 3 N–H and O–H groups in total. The first-order chi connectivity index (χ1) is 18.1. The van der Waals surface area contributed by atoms with E-state index in [-0.39, 0.29) is 37.1 Å². The van der Waals surface area contributed by atoms with Crippen molar-refractivity contribution in [3.8, 4) is 11.5 Å². The van der Waals surface area contributed by atoms with Gasteiger partial charge in [0.25, 0.3) is 0 Å². The van der Waals surface area contributed by atoms with E-state index in [1.165, 1.54) is 30.7 Å². The molecule has 38 heavy (non-hydrogen) atoms. The molecule has 2 aliphatic rings. The number of hydrogen-bond acceptors (Lipinski definition) is 11. The van der Waals surface area contributed by atoms with Crippen molar-refractivity contribution < 1.29 is 43.9 Å². The zero-order valence-electron chi connectivity index (χ0n) is 23.1. The lowest BCUT2D eigenvalue weighted by Gasteiger charge is -2.38. The van der Waals surface area contributed by atoms with Crippen molar-refractivity contribution in [1.82, 2.24) is 4.90 Å². The number of carbonyl (C=O) groups excluding carboxylic acids is 3. The van der Waals surface area contributed by atoms with Crippen molar-refractivity contribution in [2.24, 2.45) is 4.99 Å². The highest BCUT2D eigenvalue weighted by molar-refractivity contribution is 8.14. The van der Waals surface area contributed by atoms with Crippen molar-refractivity contribution in [2.75, 3.05) is 39.3 Å².